The smallest absolute Gasteiger partial charge is 0.256 e. The van der Waals surface area contributed by atoms with E-state index in [0.717, 1.165) is 18.4 Å². The van der Waals surface area contributed by atoms with E-state index >= 15 is 0 Å². The number of halogens is 1. The summed E-state index contributed by atoms with van der Waals surface area (Å²) < 4.78 is 7.85. The quantitative estimate of drug-likeness (QED) is 0.798. The highest BCUT2D eigenvalue weighted by atomic mass is 35.5. The molecule has 0 amide bonds. The topological polar surface area (TPSA) is 52.3 Å². The van der Waals surface area contributed by atoms with Crippen LogP contribution in [0.2, 0.25) is 5.15 Å². The van der Waals surface area contributed by atoms with Crippen LogP contribution in [0, 0.1) is 18.8 Å². The number of fused-ring (bicyclic) bond motifs is 1. The number of rotatable bonds is 2. The van der Waals surface area contributed by atoms with Gasteiger partial charge in [0.25, 0.3) is 5.78 Å². The molecule has 0 saturated heterocycles. The first kappa shape index (κ1) is 13.6. The Labute approximate surface area is 123 Å². The molecule has 0 N–H and O–H groups in total. The summed E-state index contributed by atoms with van der Waals surface area (Å²) in [6.07, 6.45) is 5.09. The second kappa shape index (κ2) is 5.20. The molecular formula is C14H19ClN4O. The van der Waals surface area contributed by atoms with Crippen LogP contribution in [-0.4, -0.2) is 25.7 Å². The van der Waals surface area contributed by atoms with Crippen LogP contribution in [0.3, 0.4) is 0 Å². The molecule has 1 saturated carbocycles. The second-order valence-electron chi connectivity index (χ2n) is 5.96. The van der Waals surface area contributed by atoms with Crippen molar-refractivity contribution in [1.29, 1.82) is 0 Å². The SMILES string of the molecule is Cc1c(Cl)nc2ncnn2c1OC1CC(C)CC(C)C1. The highest BCUT2D eigenvalue weighted by Crippen LogP contribution is 2.33. The summed E-state index contributed by atoms with van der Waals surface area (Å²) in [4.78, 5) is 8.27. The molecule has 2 unspecified atom stereocenters. The van der Waals surface area contributed by atoms with Gasteiger partial charge in [0.1, 0.15) is 17.6 Å². The van der Waals surface area contributed by atoms with Gasteiger partial charge in [0.15, 0.2) is 0 Å². The molecule has 1 aliphatic carbocycles. The van der Waals surface area contributed by atoms with Gasteiger partial charge in [-0.15, -0.1) is 0 Å². The van der Waals surface area contributed by atoms with Crippen molar-refractivity contribution >= 4 is 17.4 Å². The van der Waals surface area contributed by atoms with Crippen molar-refractivity contribution in [3.05, 3.63) is 17.0 Å². The third kappa shape index (κ3) is 2.46. The molecule has 0 aromatic carbocycles. The van der Waals surface area contributed by atoms with Crippen molar-refractivity contribution in [2.24, 2.45) is 11.8 Å². The van der Waals surface area contributed by atoms with E-state index in [-0.39, 0.29) is 6.10 Å². The lowest BCUT2D eigenvalue weighted by Gasteiger charge is -2.31. The van der Waals surface area contributed by atoms with Crippen LogP contribution >= 0.6 is 11.6 Å². The van der Waals surface area contributed by atoms with Crippen LogP contribution in [0.25, 0.3) is 5.78 Å². The zero-order chi connectivity index (χ0) is 14.3. The Balaban J connectivity index is 1.93. The molecule has 2 aromatic rings. The van der Waals surface area contributed by atoms with E-state index in [2.05, 4.69) is 28.9 Å². The van der Waals surface area contributed by atoms with Crippen molar-refractivity contribution in [3.63, 3.8) is 0 Å². The number of ether oxygens (including phenoxy) is 1. The van der Waals surface area contributed by atoms with Gasteiger partial charge in [-0.1, -0.05) is 25.4 Å². The van der Waals surface area contributed by atoms with E-state index < -0.39 is 0 Å². The number of hydrogen-bond donors (Lipinski definition) is 0. The van der Waals surface area contributed by atoms with Crippen molar-refractivity contribution in [2.45, 2.75) is 46.1 Å². The minimum atomic E-state index is 0.207. The fraction of sp³-hybridized carbons (Fsp3) is 0.643. The van der Waals surface area contributed by atoms with Gasteiger partial charge in [-0.05, 0) is 38.0 Å². The summed E-state index contributed by atoms with van der Waals surface area (Å²) in [6, 6.07) is 0. The summed E-state index contributed by atoms with van der Waals surface area (Å²) in [7, 11) is 0. The fourth-order valence-electron chi connectivity index (χ4n) is 3.14. The molecule has 2 atom stereocenters. The Bertz CT molecular complexity index is 617. The Morgan fingerprint density at radius 2 is 1.95 bits per heavy atom. The minimum absolute atomic E-state index is 0.207. The molecule has 6 heteroatoms. The Kier molecular flexibility index (Phi) is 3.54. The third-order valence-corrected chi connectivity index (χ3v) is 4.33. The number of hydrogen-bond acceptors (Lipinski definition) is 4. The van der Waals surface area contributed by atoms with Gasteiger partial charge in [-0.2, -0.15) is 19.6 Å². The minimum Gasteiger partial charge on any atom is -0.474 e. The number of nitrogens with zero attached hydrogens (tertiary/aromatic N) is 4. The largest absolute Gasteiger partial charge is 0.474 e. The molecular weight excluding hydrogens is 276 g/mol. The predicted molar refractivity (Wildman–Crippen MR) is 77.1 cm³/mol. The maximum absolute atomic E-state index is 6.22. The molecule has 0 bridgehead atoms. The summed E-state index contributed by atoms with van der Waals surface area (Å²) in [5.41, 5.74) is 0.815. The standard InChI is InChI=1S/C14H19ClN4O/c1-8-4-9(2)6-11(5-8)20-13-10(3)12(15)18-14-16-7-17-19(13)14/h7-9,11H,4-6H2,1-3H3. The molecule has 20 heavy (non-hydrogen) atoms. The van der Waals surface area contributed by atoms with Crippen molar-refractivity contribution in [2.75, 3.05) is 0 Å². The van der Waals surface area contributed by atoms with Crippen LogP contribution in [-0.2, 0) is 0 Å². The van der Waals surface area contributed by atoms with Crippen molar-refractivity contribution in [1.82, 2.24) is 19.6 Å². The highest BCUT2D eigenvalue weighted by Gasteiger charge is 2.27. The highest BCUT2D eigenvalue weighted by molar-refractivity contribution is 6.30. The van der Waals surface area contributed by atoms with Gasteiger partial charge in [-0.3, -0.25) is 0 Å². The Hall–Kier alpha value is -1.36. The zero-order valence-electron chi connectivity index (χ0n) is 12.0. The van der Waals surface area contributed by atoms with E-state index in [1.54, 1.807) is 4.52 Å². The van der Waals surface area contributed by atoms with Crippen LogP contribution in [0.5, 0.6) is 5.88 Å². The fourth-order valence-corrected chi connectivity index (χ4v) is 3.30. The second-order valence-corrected chi connectivity index (χ2v) is 6.32. The van der Waals surface area contributed by atoms with Gasteiger partial charge in [0.05, 0.1) is 0 Å². The average Bonchev–Trinajstić information content (AvgIpc) is 2.81. The van der Waals surface area contributed by atoms with E-state index in [4.69, 9.17) is 16.3 Å². The van der Waals surface area contributed by atoms with Gasteiger partial charge in [-0.25, -0.2) is 0 Å². The lowest BCUT2D eigenvalue weighted by atomic mass is 9.82. The first-order valence-corrected chi connectivity index (χ1v) is 7.45. The van der Waals surface area contributed by atoms with Gasteiger partial charge in [0, 0.05) is 5.56 Å². The van der Waals surface area contributed by atoms with E-state index in [9.17, 15) is 0 Å². The van der Waals surface area contributed by atoms with E-state index in [1.807, 2.05) is 6.92 Å². The Morgan fingerprint density at radius 1 is 1.25 bits per heavy atom. The molecule has 2 aromatic heterocycles. The maximum atomic E-state index is 6.22. The average molecular weight is 295 g/mol. The van der Waals surface area contributed by atoms with Gasteiger partial charge in [0.2, 0.25) is 5.88 Å². The maximum Gasteiger partial charge on any atom is 0.256 e. The molecule has 3 rings (SSSR count). The summed E-state index contributed by atoms with van der Waals surface area (Å²) >= 11 is 6.15. The summed E-state index contributed by atoms with van der Waals surface area (Å²) in [5, 5.41) is 4.61. The lowest BCUT2D eigenvalue weighted by molar-refractivity contribution is 0.0935. The Morgan fingerprint density at radius 3 is 2.65 bits per heavy atom. The lowest BCUT2D eigenvalue weighted by Crippen LogP contribution is -2.29. The summed E-state index contributed by atoms with van der Waals surface area (Å²) in [5.74, 6) is 2.52. The first-order valence-electron chi connectivity index (χ1n) is 7.07. The van der Waals surface area contributed by atoms with Crippen LogP contribution < -0.4 is 4.74 Å². The third-order valence-electron chi connectivity index (χ3n) is 3.96. The van der Waals surface area contributed by atoms with E-state index in [0.29, 0.717) is 28.6 Å². The number of aromatic nitrogens is 4. The van der Waals surface area contributed by atoms with Crippen molar-refractivity contribution in [3.8, 4) is 5.88 Å². The van der Waals surface area contributed by atoms with Crippen LogP contribution in [0.15, 0.2) is 6.33 Å². The van der Waals surface area contributed by atoms with Gasteiger partial charge < -0.3 is 4.74 Å². The van der Waals surface area contributed by atoms with Gasteiger partial charge >= 0.3 is 0 Å². The molecule has 5 nitrogen and oxygen atoms in total. The summed E-state index contributed by atoms with van der Waals surface area (Å²) in [6.45, 7) is 6.47. The molecule has 108 valence electrons. The molecule has 0 radical (unpaired) electrons. The monoisotopic (exact) mass is 294 g/mol. The van der Waals surface area contributed by atoms with Crippen molar-refractivity contribution < 1.29 is 4.74 Å². The normalized spacial score (nSPS) is 26.9. The van der Waals surface area contributed by atoms with Crippen LogP contribution in [0.1, 0.15) is 38.7 Å². The molecule has 1 fully saturated rings. The van der Waals surface area contributed by atoms with Crippen LogP contribution in [0.4, 0.5) is 0 Å². The zero-order valence-corrected chi connectivity index (χ0v) is 12.8. The molecule has 0 aliphatic heterocycles. The molecule has 2 heterocycles. The first-order chi connectivity index (χ1) is 9.54. The molecule has 1 aliphatic rings. The van der Waals surface area contributed by atoms with E-state index in [1.165, 1.54) is 12.7 Å². The molecule has 0 spiro atoms. The predicted octanol–water partition coefficient (Wildman–Crippen LogP) is 3.29.